The van der Waals surface area contributed by atoms with Crippen molar-refractivity contribution in [3.8, 4) is 5.75 Å². The number of hydrogen-bond donors (Lipinski definition) is 1. The van der Waals surface area contributed by atoms with Crippen molar-refractivity contribution in [1.82, 2.24) is 10.2 Å². The van der Waals surface area contributed by atoms with E-state index in [2.05, 4.69) is 21.2 Å². The van der Waals surface area contributed by atoms with Crippen molar-refractivity contribution in [2.75, 3.05) is 20.7 Å². The molecule has 1 heterocycles. The average molecular weight is 381 g/mol. The Morgan fingerprint density at radius 3 is 2.78 bits per heavy atom. The van der Waals surface area contributed by atoms with Crippen LogP contribution < -0.4 is 10.1 Å². The van der Waals surface area contributed by atoms with Crippen LogP contribution in [0.4, 0.5) is 0 Å². The molecular weight excluding hydrogens is 364 g/mol. The number of carbonyl (C=O) groups is 2. The minimum Gasteiger partial charge on any atom is -0.496 e. The van der Waals surface area contributed by atoms with Gasteiger partial charge in [0.15, 0.2) is 5.76 Å². The number of halogens is 1. The molecule has 0 saturated heterocycles. The van der Waals surface area contributed by atoms with Gasteiger partial charge in [-0.25, -0.2) is 0 Å². The minimum absolute atomic E-state index is 0.105. The summed E-state index contributed by atoms with van der Waals surface area (Å²) in [5.41, 5.74) is 0.870. The predicted molar refractivity (Wildman–Crippen MR) is 88.2 cm³/mol. The van der Waals surface area contributed by atoms with Gasteiger partial charge in [-0.15, -0.1) is 0 Å². The summed E-state index contributed by atoms with van der Waals surface area (Å²) in [6, 6.07) is 8.74. The fourth-order valence-electron chi connectivity index (χ4n) is 2.00. The Bertz CT molecular complexity index is 685. The van der Waals surface area contributed by atoms with Crippen LogP contribution in [0, 0.1) is 0 Å². The number of furan rings is 1. The number of methoxy groups -OCH3 is 1. The first-order chi connectivity index (χ1) is 11.0. The molecule has 2 rings (SSSR count). The number of likely N-dealkylation sites (N-methyl/N-ethyl adjacent to an activating group) is 1. The van der Waals surface area contributed by atoms with Gasteiger partial charge in [-0.05, 0) is 30.3 Å². The van der Waals surface area contributed by atoms with Gasteiger partial charge in [0, 0.05) is 23.6 Å². The van der Waals surface area contributed by atoms with Crippen LogP contribution in [0.15, 0.2) is 45.5 Å². The molecule has 0 spiro atoms. The largest absolute Gasteiger partial charge is 0.496 e. The molecular formula is C16H17BrN2O4. The van der Waals surface area contributed by atoms with E-state index in [4.69, 9.17) is 9.15 Å². The third-order valence-corrected chi connectivity index (χ3v) is 3.71. The topological polar surface area (TPSA) is 71.8 Å². The van der Waals surface area contributed by atoms with E-state index in [0.29, 0.717) is 12.3 Å². The van der Waals surface area contributed by atoms with E-state index in [1.54, 1.807) is 20.2 Å². The molecule has 122 valence electrons. The molecule has 1 aromatic heterocycles. The van der Waals surface area contributed by atoms with Crippen LogP contribution in [0.5, 0.6) is 5.75 Å². The van der Waals surface area contributed by atoms with Crippen molar-refractivity contribution < 1.29 is 18.7 Å². The van der Waals surface area contributed by atoms with Crippen molar-refractivity contribution in [3.63, 3.8) is 0 Å². The maximum atomic E-state index is 12.1. The van der Waals surface area contributed by atoms with Crippen LogP contribution in [0.2, 0.25) is 0 Å². The summed E-state index contributed by atoms with van der Waals surface area (Å²) in [4.78, 5) is 25.4. The summed E-state index contributed by atoms with van der Waals surface area (Å²) >= 11 is 3.40. The van der Waals surface area contributed by atoms with E-state index in [9.17, 15) is 9.59 Å². The van der Waals surface area contributed by atoms with Crippen LogP contribution in [0.1, 0.15) is 16.1 Å². The highest BCUT2D eigenvalue weighted by atomic mass is 79.9. The Labute approximate surface area is 142 Å². The molecule has 2 aromatic rings. The summed E-state index contributed by atoms with van der Waals surface area (Å²) < 4.78 is 11.2. The number of amides is 2. The second-order valence-corrected chi connectivity index (χ2v) is 5.78. The fraction of sp³-hybridized carbons (Fsp3) is 0.250. The van der Waals surface area contributed by atoms with E-state index in [1.165, 1.54) is 17.2 Å². The maximum absolute atomic E-state index is 12.1. The molecule has 1 aromatic carbocycles. The number of benzene rings is 1. The number of rotatable bonds is 6. The van der Waals surface area contributed by atoms with Crippen molar-refractivity contribution >= 4 is 27.7 Å². The molecule has 0 atom stereocenters. The molecule has 0 aliphatic heterocycles. The van der Waals surface area contributed by atoms with E-state index in [0.717, 1.165) is 10.0 Å². The summed E-state index contributed by atoms with van der Waals surface area (Å²) in [6.45, 7) is 0.268. The molecule has 0 fully saturated rings. The Hall–Kier alpha value is -2.28. The van der Waals surface area contributed by atoms with E-state index in [-0.39, 0.29) is 18.2 Å². The summed E-state index contributed by atoms with van der Waals surface area (Å²) in [7, 11) is 3.25. The van der Waals surface area contributed by atoms with Gasteiger partial charge >= 0.3 is 0 Å². The van der Waals surface area contributed by atoms with Gasteiger partial charge in [-0.1, -0.05) is 15.9 Å². The lowest BCUT2D eigenvalue weighted by molar-refractivity contribution is -0.129. The van der Waals surface area contributed by atoms with Crippen LogP contribution in [0.25, 0.3) is 0 Å². The van der Waals surface area contributed by atoms with Crippen molar-refractivity contribution in [2.45, 2.75) is 6.54 Å². The molecule has 0 saturated carbocycles. The number of carbonyl (C=O) groups excluding carboxylic acids is 2. The predicted octanol–water partition coefficient (Wildman–Crippen LogP) is 2.44. The first-order valence-electron chi connectivity index (χ1n) is 6.89. The zero-order valence-electron chi connectivity index (χ0n) is 12.8. The zero-order chi connectivity index (χ0) is 16.8. The second-order valence-electron chi connectivity index (χ2n) is 4.87. The Morgan fingerprint density at radius 2 is 2.13 bits per heavy atom. The SMILES string of the molecule is COc1ccc(Br)cc1CN(C)C(=O)CNC(=O)c1ccco1. The van der Waals surface area contributed by atoms with Gasteiger partial charge in [0.2, 0.25) is 5.91 Å². The van der Waals surface area contributed by atoms with Crippen molar-refractivity contribution in [1.29, 1.82) is 0 Å². The Balaban J connectivity index is 1.92. The molecule has 1 N–H and O–H groups in total. The lowest BCUT2D eigenvalue weighted by Gasteiger charge is -2.19. The van der Waals surface area contributed by atoms with Crippen molar-refractivity contribution in [2.24, 2.45) is 0 Å². The van der Waals surface area contributed by atoms with Crippen LogP contribution in [-0.4, -0.2) is 37.4 Å². The van der Waals surface area contributed by atoms with E-state index in [1.807, 2.05) is 18.2 Å². The number of nitrogens with zero attached hydrogens (tertiary/aromatic N) is 1. The molecule has 0 unspecified atom stereocenters. The number of nitrogens with one attached hydrogen (secondary N) is 1. The first-order valence-corrected chi connectivity index (χ1v) is 7.68. The van der Waals surface area contributed by atoms with E-state index >= 15 is 0 Å². The smallest absolute Gasteiger partial charge is 0.287 e. The maximum Gasteiger partial charge on any atom is 0.287 e. The summed E-state index contributed by atoms with van der Waals surface area (Å²) in [5.74, 6) is 0.241. The van der Waals surface area contributed by atoms with E-state index < -0.39 is 5.91 Å². The highest BCUT2D eigenvalue weighted by Gasteiger charge is 2.15. The summed E-state index contributed by atoms with van der Waals surface area (Å²) in [6.07, 6.45) is 1.41. The lowest BCUT2D eigenvalue weighted by atomic mass is 10.2. The molecule has 0 bridgehead atoms. The number of hydrogen-bond acceptors (Lipinski definition) is 4. The average Bonchev–Trinajstić information content (AvgIpc) is 3.07. The van der Waals surface area contributed by atoms with Gasteiger partial charge < -0.3 is 19.4 Å². The molecule has 0 radical (unpaired) electrons. The third kappa shape index (κ3) is 4.59. The zero-order valence-corrected chi connectivity index (χ0v) is 14.4. The lowest BCUT2D eigenvalue weighted by Crippen LogP contribution is -2.37. The third-order valence-electron chi connectivity index (χ3n) is 3.22. The molecule has 0 aliphatic rings. The van der Waals surface area contributed by atoms with Gasteiger partial charge in [-0.2, -0.15) is 0 Å². The van der Waals surface area contributed by atoms with Gasteiger partial charge in [-0.3, -0.25) is 9.59 Å². The fourth-order valence-corrected chi connectivity index (χ4v) is 2.41. The second kappa shape index (κ2) is 7.82. The molecule has 0 aliphatic carbocycles. The molecule has 23 heavy (non-hydrogen) atoms. The Morgan fingerprint density at radius 1 is 1.35 bits per heavy atom. The molecule has 7 heteroatoms. The first kappa shape index (κ1) is 17.1. The highest BCUT2D eigenvalue weighted by Crippen LogP contribution is 2.24. The van der Waals surface area contributed by atoms with Gasteiger partial charge in [0.25, 0.3) is 5.91 Å². The van der Waals surface area contributed by atoms with Crippen molar-refractivity contribution in [3.05, 3.63) is 52.4 Å². The van der Waals surface area contributed by atoms with Crippen LogP contribution in [0.3, 0.4) is 0 Å². The Kier molecular flexibility index (Phi) is 5.81. The number of ether oxygens (including phenoxy) is 1. The van der Waals surface area contributed by atoms with Crippen LogP contribution >= 0.6 is 15.9 Å². The molecule has 2 amide bonds. The monoisotopic (exact) mass is 380 g/mol. The quantitative estimate of drug-likeness (QED) is 0.835. The normalized spacial score (nSPS) is 10.2. The van der Waals surface area contributed by atoms with Gasteiger partial charge in [0.05, 0.1) is 19.9 Å². The minimum atomic E-state index is -0.420. The van der Waals surface area contributed by atoms with Crippen LogP contribution in [-0.2, 0) is 11.3 Å². The van der Waals surface area contributed by atoms with Gasteiger partial charge in [0.1, 0.15) is 5.75 Å². The standard InChI is InChI=1S/C16H17BrN2O4/c1-19(10-11-8-12(17)5-6-13(11)22-2)15(20)9-18-16(21)14-4-3-7-23-14/h3-8H,9-10H2,1-2H3,(H,18,21). The molecule has 6 nitrogen and oxygen atoms in total. The highest BCUT2D eigenvalue weighted by molar-refractivity contribution is 9.10. The summed E-state index contributed by atoms with van der Waals surface area (Å²) in [5, 5.41) is 2.53.